The lowest BCUT2D eigenvalue weighted by molar-refractivity contribution is -0.128. The standard InChI is InChI=1S/C12H13N3O2/c16-10-12(9-4-3-6-13-8-9)5-1-2-7-15(12)11(17)14-10/h3-4,6,8H,1-2,5,7H2,(H,14,16,17). The lowest BCUT2D eigenvalue weighted by Gasteiger charge is -2.39. The highest BCUT2D eigenvalue weighted by molar-refractivity contribution is 6.07. The highest BCUT2D eigenvalue weighted by Crippen LogP contribution is 2.40. The Morgan fingerprint density at radius 3 is 3.00 bits per heavy atom. The van der Waals surface area contributed by atoms with Crippen molar-refractivity contribution in [1.82, 2.24) is 15.2 Å². The van der Waals surface area contributed by atoms with Crippen LogP contribution in [0.3, 0.4) is 0 Å². The molecule has 0 aliphatic carbocycles. The molecule has 88 valence electrons. The summed E-state index contributed by atoms with van der Waals surface area (Å²) >= 11 is 0. The number of piperidine rings is 1. The minimum atomic E-state index is -0.816. The normalized spacial score (nSPS) is 27.9. The Bertz CT molecular complexity index is 474. The van der Waals surface area contributed by atoms with E-state index in [0.29, 0.717) is 13.0 Å². The maximum atomic E-state index is 12.1. The molecule has 5 nitrogen and oxygen atoms in total. The number of imide groups is 1. The molecule has 1 atom stereocenters. The van der Waals surface area contributed by atoms with Gasteiger partial charge in [-0.05, 0) is 25.3 Å². The van der Waals surface area contributed by atoms with Crippen molar-refractivity contribution in [2.75, 3.05) is 6.54 Å². The molecule has 1 unspecified atom stereocenters. The summed E-state index contributed by atoms with van der Waals surface area (Å²) in [5.74, 6) is -0.213. The zero-order valence-electron chi connectivity index (χ0n) is 9.35. The lowest BCUT2D eigenvalue weighted by Crippen LogP contribution is -2.49. The van der Waals surface area contributed by atoms with Crippen LogP contribution in [-0.4, -0.2) is 28.4 Å². The van der Waals surface area contributed by atoms with Gasteiger partial charge >= 0.3 is 6.03 Å². The Kier molecular flexibility index (Phi) is 2.14. The van der Waals surface area contributed by atoms with E-state index in [0.717, 1.165) is 18.4 Å². The van der Waals surface area contributed by atoms with Crippen LogP contribution in [0.5, 0.6) is 0 Å². The molecule has 2 aliphatic heterocycles. The molecule has 5 heteroatoms. The van der Waals surface area contributed by atoms with E-state index in [9.17, 15) is 9.59 Å². The molecule has 3 rings (SSSR count). The van der Waals surface area contributed by atoms with Gasteiger partial charge in [-0.1, -0.05) is 6.07 Å². The van der Waals surface area contributed by atoms with E-state index in [1.54, 1.807) is 23.4 Å². The number of rotatable bonds is 1. The summed E-state index contributed by atoms with van der Waals surface area (Å²) < 4.78 is 0. The van der Waals surface area contributed by atoms with Crippen LogP contribution in [0.1, 0.15) is 24.8 Å². The number of aromatic nitrogens is 1. The molecule has 3 heterocycles. The minimum Gasteiger partial charge on any atom is -0.306 e. The number of fused-ring (bicyclic) bond motifs is 1. The van der Waals surface area contributed by atoms with Gasteiger partial charge in [-0.3, -0.25) is 15.1 Å². The molecule has 2 fully saturated rings. The number of nitrogens with one attached hydrogen (secondary N) is 1. The minimum absolute atomic E-state index is 0.213. The van der Waals surface area contributed by atoms with E-state index >= 15 is 0 Å². The fourth-order valence-corrected chi connectivity index (χ4v) is 2.79. The topological polar surface area (TPSA) is 62.3 Å². The zero-order valence-corrected chi connectivity index (χ0v) is 9.35. The molecule has 0 saturated carbocycles. The average molecular weight is 231 g/mol. The van der Waals surface area contributed by atoms with E-state index < -0.39 is 5.54 Å². The smallest absolute Gasteiger partial charge is 0.306 e. The summed E-state index contributed by atoms with van der Waals surface area (Å²) in [6.07, 6.45) is 5.92. The maximum Gasteiger partial charge on any atom is 0.325 e. The Hall–Kier alpha value is -1.91. The van der Waals surface area contributed by atoms with Crippen LogP contribution in [0.25, 0.3) is 0 Å². The van der Waals surface area contributed by atoms with Crippen molar-refractivity contribution in [2.24, 2.45) is 0 Å². The predicted molar refractivity (Wildman–Crippen MR) is 60.0 cm³/mol. The Morgan fingerprint density at radius 1 is 1.35 bits per heavy atom. The average Bonchev–Trinajstić information content (AvgIpc) is 2.64. The van der Waals surface area contributed by atoms with Crippen molar-refractivity contribution in [1.29, 1.82) is 0 Å². The van der Waals surface area contributed by atoms with Gasteiger partial charge in [0, 0.05) is 24.5 Å². The van der Waals surface area contributed by atoms with Crippen LogP contribution >= 0.6 is 0 Å². The van der Waals surface area contributed by atoms with Crippen LogP contribution in [0.15, 0.2) is 24.5 Å². The first-order valence-electron chi connectivity index (χ1n) is 5.79. The van der Waals surface area contributed by atoms with Crippen LogP contribution in [0.4, 0.5) is 4.79 Å². The molecule has 0 spiro atoms. The second kappa shape index (κ2) is 3.55. The van der Waals surface area contributed by atoms with Crippen molar-refractivity contribution in [3.63, 3.8) is 0 Å². The van der Waals surface area contributed by atoms with Gasteiger partial charge in [0.1, 0.15) is 0 Å². The van der Waals surface area contributed by atoms with Gasteiger partial charge in [0.2, 0.25) is 0 Å². The molecule has 0 radical (unpaired) electrons. The molecule has 17 heavy (non-hydrogen) atoms. The van der Waals surface area contributed by atoms with Crippen molar-refractivity contribution < 1.29 is 9.59 Å². The number of hydrogen-bond acceptors (Lipinski definition) is 3. The SMILES string of the molecule is O=C1NC(=O)C2(c3cccnc3)CCCCN12. The van der Waals surface area contributed by atoms with E-state index in [2.05, 4.69) is 10.3 Å². The largest absolute Gasteiger partial charge is 0.325 e. The molecule has 3 amide bonds. The van der Waals surface area contributed by atoms with E-state index in [1.165, 1.54) is 0 Å². The zero-order chi connectivity index (χ0) is 11.9. The van der Waals surface area contributed by atoms with Gasteiger partial charge in [-0.25, -0.2) is 4.79 Å². The van der Waals surface area contributed by atoms with Gasteiger partial charge in [0.05, 0.1) is 0 Å². The molecule has 0 aromatic carbocycles. The predicted octanol–water partition coefficient (Wildman–Crippen LogP) is 1.01. The van der Waals surface area contributed by atoms with Crippen LogP contribution in [-0.2, 0) is 10.3 Å². The summed E-state index contributed by atoms with van der Waals surface area (Å²) in [5, 5.41) is 2.42. The number of nitrogens with zero attached hydrogens (tertiary/aromatic N) is 2. The fourth-order valence-electron chi connectivity index (χ4n) is 2.79. The molecule has 0 bridgehead atoms. The van der Waals surface area contributed by atoms with Crippen LogP contribution in [0.2, 0.25) is 0 Å². The number of amides is 3. The number of carbonyl (C=O) groups is 2. The highest BCUT2D eigenvalue weighted by Gasteiger charge is 2.54. The highest BCUT2D eigenvalue weighted by atomic mass is 16.2. The van der Waals surface area contributed by atoms with Crippen molar-refractivity contribution >= 4 is 11.9 Å². The molecule has 1 aromatic heterocycles. The fraction of sp³-hybridized carbons (Fsp3) is 0.417. The monoisotopic (exact) mass is 231 g/mol. The number of hydrogen-bond donors (Lipinski definition) is 1. The molecular formula is C12H13N3O2. The summed E-state index contributed by atoms with van der Waals surface area (Å²) in [6.45, 7) is 0.631. The van der Waals surface area contributed by atoms with Crippen molar-refractivity contribution in [3.05, 3.63) is 30.1 Å². The first-order valence-corrected chi connectivity index (χ1v) is 5.79. The van der Waals surface area contributed by atoms with Crippen LogP contribution in [0, 0.1) is 0 Å². The molecular weight excluding hydrogens is 218 g/mol. The van der Waals surface area contributed by atoms with Crippen molar-refractivity contribution in [2.45, 2.75) is 24.8 Å². The number of urea groups is 1. The Morgan fingerprint density at radius 2 is 2.24 bits per heavy atom. The van der Waals surface area contributed by atoms with Gasteiger partial charge in [-0.15, -0.1) is 0 Å². The quantitative estimate of drug-likeness (QED) is 0.734. The summed E-state index contributed by atoms with van der Waals surface area (Å²) in [7, 11) is 0. The number of pyridine rings is 1. The molecule has 1 N–H and O–H groups in total. The lowest BCUT2D eigenvalue weighted by atomic mass is 9.82. The third-order valence-electron chi connectivity index (χ3n) is 3.61. The third kappa shape index (κ3) is 1.28. The van der Waals surface area contributed by atoms with Gasteiger partial charge in [0.25, 0.3) is 5.91 Å². The van der Waals surface area contributed by atoms with Crippen molar-refractivity contribution in [3.8, 4) is 0 Å². The van der Waals surface area contributed by atoms with E-state index in [-0.39, 0.29) is 11.9 Å². The number of carbonyl (C=O) groups excluding carboxylic acids is 2. The second-order valence-corrected chi connectivity index (χ2v) is 4.47. The molecule has 1 aromatic rings. The second-order valence-electron chi connectivity index (χ2n) is 4.47. The van der Waals surface area contributed by atoms with E-state index in [1.807, 2.05) is 6.07 Å². The Balaban J connectivity index is 2.14. The van der Waals surface area contributed by atoms with E-state index in [4.69, 9.17) is 0 Å². The molecule has 2 aliphatic rings. The van der Waals surface area contributed by atoms with Gasteiger partial charge in [0.15, 0.2) is 5.54 Å². The first-order chi connectivity index (χ1) is 8.25. The summed E-state index contributed by atoms with van der Waals surface area (Å²) in [6, 6.07) is 3.38. The van der Waals surface area contributed by atoms with Crippen LogP contribution < -0.4 is 5.32 Å². The summed E-state index contributed by atoms with van der Waals surface area (Å²) in [5.41, 5.74) is -0.00750. The third-order valence-corrected chi connectivity index (χ3v) is 3.61. The van der Waals surface area contributed by atoms with Gasteiger partial charge < -0.3 is 4.90 Å². The Labute approximate surface area is 98.8 Å². The van der Waals surface area contributed by atoms with Gasteiger partial charge in [-0.2, -0.15) is 0 Å². The maximum absolute atomic E-state index is 12.1. The summed E-state index contributed by atoms with van der Waals surface area (Å²) in [4.78, 5) is 29.6. The molecule has 2 saturated heterocycles. The first kappa shape index (κ1) is 10.3.